The summed E-state index contributed by atoms with van der Waals surface area (Å²) in [7, 11) is 0. The minimum absolute atomic E-state index is 0.635. The first kappa shape index (κ1) is 16.8. The molecule has 0 bridgehead atoms. The Kier molecular flexibility index (Phi) is 4.06. The Morgan fingerprint density at radius 3 is 2.62 bits per heavy atom. The van der Waals surface area contributed by atoms with Gasteiger partial charge in [0.05, 0.1) is 24.3 Å². The Morgan fingerprint density at radius 1 is 0.931 bits per heavy atom. The van der Waals surface area contributed by atoms with Gasteiger partial charge in [-0.25, -0.2) is 9.97 Å². The maximum Gasteiger partial charge on any atom is 0.180 e. The number of hydrogen-bond donors (Lipinski definition) is 2. The van der Waals surface area contributed by atoms with Gasteiger partial charge in [-0.15, -0.1) is 0 Å². The first-order chi connectivity index (χ1) is 14.3. The molecule has 0 saturated carbocycles. The van der Waals surface area contributed by atoms with Crippen molar-refractivity contribution in [2.24, 2.45) is 0 Å². The molecule has 0 spiro atoms. The van der Waals surface area contributed by atoms with Crippen LogP contribution in [0.15, 0.2) is 85.6 Å². The molecule has 5 aromatic rings. The van der Waals surface area contributed by atoms with Crippen LogP contribution in [0.2, 0.25) is 0 Å². The summed E-state index contributed by atoms with van der Waals surface area (Å²) < 4.78 is 7.85. The number of hydrogen-bond acceptors (Lipinski definition) is 6. The number of nitrogens with zero attached hydrogens (tertiary/aromatic N) is 5. The Morgan fingerprint density at radius 2 is 1.79 bits per heavy atom. The van der Waals surface area contributed by atoms with Crippen molar-refractivity contribution in [3.05, 3.63) is 85.6 Å². The topological polar surface area (TPSA) is 95.3 Å². The number of nitrogen functional groups attached to an aromatic ring is 1. The van der Waals surface area contributed by atoms with Crippen LogP contribution in [0.1, 0.15) is 0 Å². The molecule has 0 unspecified atom stereocenters. The summed E-state index contributed by atoms with van der Waals surface area (Å²) in [6.45, 7) is 0. The Balaban J connectivity index is 1.45. The predicted molar refractivity (Wildman–Crippen MR) is 111 cm³/mol. The first-order valence-corrected chi connectivity index (χ1v) is 8.98. The predicted octanol–water partition coefficient (Wildman–Crippen LogP) is 3.84. The van der Waals surface area contributed by atoms with E-state index >= 15 is 0 Å². The lowest BCUT2D eigenvalue weighted by atomic mass is 10.3. The molecule has 0 saturated heterocycles. The summed E-state index contributed by atoms with van der Waals surface area (Å²) in [5.74, 6) is 7.81. The minimum Gasteiger partial charge on any atom is -0.457 e. The average Bonchev–Trinajstić information content (AvgIpc) is 3.36. The number of fused-ring (bicyclic) bond motifs is 1. The minimum atomic E-state index is 0.635. The lowest BCUT2D eigenvalue weighted by Crippen LogP contribution is -2.07. The molecule has 3 aromatic heterocycles. The van der Waals surface area contributed by atoms with E-state index in [1.54, 1.807) is 24.8 Å². The quantitative estimate of drug-likeness (QED) is 0.448. The van der Waals surface area contributed by atoms with Gasteiger partial charge in [-0.05, 0) is 24.3 Å². The van der Waals surface area contributed by atoms with Crippen LogP contribution in [0.3, 0.4) is 0 Å². The van der Waals surface area contributed by atoms with E-state index < -0.39 is 0 Å². The van der Waals surface area contributed by atoms with Crippen molar-refractivity contribution in [1.82, 2.24) is 24.3 Å². The molecule has 0 atom stereocenters. The van der Waals surface area contributed by atoms with Gasteiger partial charge in [0, 0.05) is 29.7 Å². The van der Waals surface area contributed by atoms with Crippen LogP contribution >= 0.6 is 0 Å². The summed E-state index contributed by atoms with van der Waals surface area (Å²) in [5.41, 5.74) is 3.29. The van der Waals surface area contributed by atoms with E-state index in [2.05, 4.69) is 20.4 Å². The van der Waals surface area contributed by atoms with E-state index in [4.69, 9.17) is 10.6 Å². The van der Waals surface area contributed by atoms with Crippen molar-refractivity contribution < 1.29 is 4.74 Å². The summed E-state index contributed by atoms with van der Waals surface area (Å²) in [4.78, 5) is 10.2. The number of ether oxygens (including phenoxy) is 1. The van der Waals surface area contributed by atoms with Crippen molar-refractivity contribution in [3.63, 3.8) is 0 Å². The van der Waals surface area contributed by atoms with Crippen molar-refractivity contribution in [3.8, 4) is 22.8 Å². The molecule has 3 N–H and O–H groups in total. The zero-order valence-corrected chi connectivity index (χ0v) is 15.3. The van der Waals surface area contributed by atoms with E-state index in [-0.39, 0.29) is 0 Å². The van der Waals surface area contributed by atoms with Crippen molar-refractivity contribution in [2.75, 3.05) is 11.2 Å². The number of anilines is 2. The molecule has 0 aliphatic heterocycles. The molecule has 8 nitrogen and oxygen atoms in total. The Hall–Kier alpha value is -4.33. The third kappa shape index (κ3) is 3.34. The molecule has 3 heterocycles. The molecule has 0 fully saturated rings. The van der Waals surface area contributed by atoms with Gasteiger partial charge in [-0.3, -0.25) is 4.40 Å². The molecule has 29 heavy (non-hydrogen) atoms. The standard InChI is InChI=1S/C21H17N7O/c22-28-14-15(12-25-28)19-13-24-21-20(23-9-10-27(19)21)26-16-5-4-8-18(11-16)29-17-6-2-1-3-7-17/h1-14H,22H2,(H,23,26). The fourth-order valence-corrected chi connectivity index (χ4v) is 3.09. The number of imidazole rings is 1. The summed E-state index contributed by atoms with van der Waals surface area (Å²) in [5, 5.41) is 7.34. The van der Waals surface area contributed by atoms with Crippen LogP contribution in [-0.4, -0.2) is 24.3 Å². The number of benzene rings is 2. The third-order valence-electron chi connectivity index (χ3n) is 4.40. The highest BCUT2D eigenvalue weighted by Crippen LogP contribution is 2.28. The molecule has 0 aliphatic rings. The largest absolute Gasteiger partial charge is 0.457 e. The highest BCUT2D eigenvalue weighted by atomic mass is 16.5. The number of nitrogens with two attached hydrogens (primary N) is 1. The highest BCUT2D eigenvalue weighted by Gasteiger charge is 2.12. The van der Waals surface area contributed by atoms with Crippen molar-refractivity contribution in [2.45, 2.75) is 0 Å². The second-order valence-electron chi connectivity index (χ2n) is 6.39. The van der Waals surface area contributed by atoms with Crippen LogP contribution in [0.5, 0.6) is 11.5 Å². The van der Waals surface area contributed by atoms with Gasteiger partial charge in [0.1, 0.15) is 11.5 Å². The third-order valence-corrected chi connectivity index (χ3v) is 4.40. The van der Waals surface area contributed by atoms with Gasteiger partial charge in [0.15, 0.2) is 11.5 Å². The van der Waals surface area contributed by atoms with Crippen LogP contribution in [-0.2, 0) is 0 Å². The lowest BCUT2D eigenvalue weighted by molar-refractivity contribution is 0.483. The fourth-order valence-electron chi connectivity index (χ4n) is 3.09. The molecule has 0 amide bonds. The molecule has 2 aromatic carbocycles. The molecule has 5 rings (SSSR count). The van der Waals surface area contributed by atoms with Crippen LogP contribution in [0.4, 0.5) is 11.5 Å². The monoisotopic (exact) mass is 383 g/mol. The van der Waals surface area contributed by atoms with Crippen LogP contribution in [0, 0.1) is 0 Å². The maximum atomic E-state index is 5.91. The Bertz CT molecular complexity index is 1280. The van der Waals surface area contributed by atoms with Gasteiger partial charge in [0.2, 0.25) is 0 Å². The number of rotatable bonds is 5. The van der Waals surface area contributed by atoms with Gasteiger partial charge < -0.3 is 15.9 Å². The van der Waals surface area contributed by atoms with Crippen LogP contribution in [0.25, 0.3) is 16.9 Å². The number of aromatic nitrogens is 5. The van der Waals surface area contributed by atoms with Gasteiger partial charge in [0.25, 0.3) is 0 Å². The lowest BCUT2D eigenvalue weighted by Gasteiger charge is -2.10. The van der Waals surface area contributed by atoms with E-state index in [1.807, 2.05) is 65.2 Å². The zero-order valence-electron chi connectivity index (χ0n) is 15.3. The zero-order chi connectivity index (χ0) is 19.6. The van der Waals surface area contributed by atoms with Gasteiger partial charge >= 0.3 is 0 Å². The first-order valence-electron chi connectivity index (χ1n) is 8.98. The summed E-state index contributed by atoms with van der Waals surface area (Å²) in [6.07, 6.45) is 8.78. The van der Waals surface area contributed by atoms with E-state index in [1.165, 1.54) is 4.79 Å². The fraction of sp³-hybridized carbons (Fsp3) is 0. The van der Waals surface area contributed by atoms with Gasteiger partial charge in [-0.2, -0.15) is 9.89 Å². The molecule has 142 valence electrons. The Labute approximate surface area is 166 Å². The highest BCUT2D eigenvalue weighted by molar-refractivity contribution is 5.74. The normalized spacial score (nSPS) is 10.9. The second kappa shape index (κ2) is 7.01. The number of para-hydroxylation sites is 1. The van der Waals surface area contributed by atoms with Crippen LogP contribution < -0.4 is 15.9 Å². The second-order valence-corrected chi connectivity index (χ2v) is 6.39. The SMILES string of the molecule is Nn1cc(-c2cnc3c(Nc4cccc(Oc5ccccc5)c4)nccn23)cn1. The molecule has 0 radical (unpaired) electrons. The summed E-state index contributed by atoms with van der Waals surface area (Å²) >= 11 is 0. The average molecular weight is 383 g/mol. The van der Waals surface area contributed by atoms with E-state index in [0.717, 1.165) is 28.4 Å². The molecule has 8 heteroatoms. The molecule has 0 aliphatic carbocycles. The van der Waals surface area contributed by atoms with Crippen molar-refractivity contribution >= 4 is 17.2 Å². The molecular formula is C21H17N7O. The maximum absolute atomic E-state index is 5.91. The van der Waals surface area contributed by atoms with Crippen molar-refractivity contribution in [1.29, 1.82) is 0 Å². The van der Waals surface area contributed by atoms with E-state index in [0.29, 0.717) is 11.5 Å². The summed E-state index contributed by atoms with van der Waals surface area (Å²) in [6, 6.07) is 17.4. The molecular weight excluding hydrogens is 366 g/mol. The van der Waals surface area contributed by atoms with E-state index in [9.17, 15) is 0 Å². The smallest absolute Gasteiger partial charge is 0.180 e. The van der Waals surface area contributed by atoms with Gasteiger partial charge in [-0.1, -0.05) is 24.3 Å². The number of nitrogens with one attached hydrogen (secondary N) is 1.